The molecule has 0 spiro atoms. The van der Waals surface area contributed by atoms with Crippen LogP contribution >= 0.6 is 0 Å². The maximum atomic E-state index is 12.5. The maximum Gasteiger partial charge on any atom is 0.247 e. The molecule has 4 aromatic rings. The van der Waals surface area contributed by atoms with Gasteiger partial charge in [-0.15, -0.1) is 0 Å². The molecule has 2 amide bonds. The number of aromatic nitrogens is 4. The van der Waals surface area contributed by atoms with Gasteiger partial charge in [0.1, 0.15) is 5.82 Å². The Morgan fingerprint density at radius 3 is 2.50 bits per heavy atom. The van der Waals surface area contributed by atoms with Crippen LogP contribution < -0.4 is 20.9 Å². The molecular weight excluding hydrogens is 456 g/mol. The Bertz CT molecular complexity index is 1380. The number of para-hydroxylation sites is 1. The Labute approximate surface area is 208 Å². The Balaban J connectivity index is 1.67. The molecule has 0 bridgehead atoms. The van der Waals surface area contributed by atoms with Gasteiger partial charge in [-0.2, -0.15) is 10.1 Å². The number of carbonyl (C=O) groups excluding carboxylic acids is 2. The summed E-state index contributed by atoms with van der Waals surface area (Å²) in [4.78, 5) is 35.0. The lowest BCUT2D eigenvalue weighted by Crippen LogP contribution is -2.28. The van der Waals surface area contributed by atoms with Gasteiger partial charge >= 0.3 is 0 Å². The van der Waals surface area contributed by atoms with Crippen LogP contribution in [-0.4, -0.2) is 31.6 Å². The van der Waals surface area contributed by atoms with Gasteiger partial charge in [0, 0.05) is 49.0 Å². The number of nitrogens with one attached hydrogen (secondary N) is 3. The van der Waals surface area contributed by atoms with E-state index in [0.29, 0.717) is 28.7 Å². The number of carbonyl (C=O) groups is 2. The molecule has 36 heavy (non-hydrogen) atoms. The van der Waals surface area contributed by atoms with E-state index in [1.54, 1.807) is 34.1 Å². The lowest BCUT2D eigenvalue weighted by molar-refractivity contribution is -0.116. The second kappa shape index (κ2) is 11.0. The highest BCUT2D eigenvalue weighted by Crippen LogP contribution is 2.26. The van der Waals surface area contributed by atoms with Gasteiger partial charge < -0.3 is 20.9 Å². The standard InChI is InChI=1S/C26H26N8O2/c1-4-24(36)29-20-9-8-10-21(13-20)30-25-19(16-34(18(2)35)23-11-6-5-7-12-23)14-27-26(32-25)31-22-15-28-33(3)17-22/h4-15,17H,1,16H2,2-3H3,(H,29,36)(H2,27,30,31,32). The third-order valence-corrected chi connectivity index (χ3v) is 5.18. The van der Waals surface area contributed by atoms with Crippen molar-refractivity contribution >= 4 is 46.3 Å². The molecule has 2 aromatic carbocycles. The van der Waals surface area contributed by atoms with Crippen LogP contribution in [0.15, 0.2) is 85.8 Å². The van der Waals surface area contributed by atoms with E-state index in [-0.39, 0.29) is 18.4 Å². The molecule has 0 aliphatic heterocycles. The zero-order chi connectivity index (χ0) is 25.5. The fraction of sp³-hybridized carbons (Fsp3) is 0.115. The van der Waals surface area contributed by atoms with Crippen molar-refractivity contribution < 1.29 is 9.59 Å². The molecule has 0 radical (unpaired) electrons. The minimum absolute atomic E-state index is 0.112. The normalized spacial score (nSPS) is 10.4. The van der Waals surface area contributed by atoms with Gasteiger partial charge in [0.25, 0.3) is 0 Å². The van der Waals surface area contributed by atoms with Crippen LogP contribution in [-0.2, 0) is 23.2 Å². The third-order valence-electron chi connectivity index (χ3n) is 5.18. The van der Waals surface area contributed by atoms with Crippen LogP contribution in [0.3, 0.4) is 0 Å². The van der Waals surface area contributed by atoms with E-state index in [2.05, 4.69) is 37.6 Å². The summed E-state index contributed by atoms with van der Waals surface area (Å²) >= 11 is 0. The lowest BCUT2D eigenvalue weighted by atomic mass is 10.2. The van der Waals surface area contributed by atoms with Gasteiger partial charge in [-0.25, -0.2) is 4.98 Å². The molecule has 4 rings (SSSR count). The topological polar surface area (TPSA) is 117 Å². The predicted molar refractivity (Wildman–Crippen MR) is 140 cm³/mol. The summed E-state index contributed by atoms with van der Waals surface area (Å²) in [7, 11) is 1.82. The molecule has 0 saturated heterocycles. The first kappa shape index (κ1) is 24.1. The van der Waals surface area contributed by atoms with E-state index in [9.17, 15) is 9.59 Å². The molecule has 3 N–H and O–H groups in total. The first-order valence-electron chi connectivity index (χ1n) is 11.2. The summed E-state index contributed by atoms with van der Waals surface area (Å²) in [5.74, 6) is 0.446. The monoisotopic (exact) mass is 482 g/mol. The van der Waals surface area contributed by atoms with Crippen LogP contribution in [0.1, 0.15) is 12.5 Å². The zero-order valence-electron chi connectivity index (χ0n) is 20.0. The molecule has 2 aromatic heterocycles. The summed E-state index contributed by atoms with van der Waals surface area (Å²) < 4.78 is 1.67. The van der Waals surface area contributed by atoms with Crippen molar-refractivity contribution in [2.24, 2.45) is 7.05 Å². The third kappa shape index (κ3) is 6.11. The first-order valence-corrected chi connectivity index (χ1v) is 11.2. The van der Waals surface area contributed by atoms with Crippen LogP contribution in [0.25, 0.3) is 0 Å². The summed E-state index contributed by atoms with van der Waals surface area (Å²) in [6, 6.07) is 16.6. The smallest absolute Gasteiger partial charge is 0.247 e. The largest absolute Gasteiger partial charge is 0.340 e. The van der Waals surface area contributed by atoms with Crippen molar-refractivity contribution in [2.75, 3.05) is 20.9 Å². The maximum absolute atomic E-state index is 12.5. The van der Waals surface area contributed by atoms with Crippen molar-refractivity contribution in [3.05, 3.63) is 91.4 Å². The van der Waals surface area contributed by atoms with Crippen molar-refractivity contribution in [1.29, 1.82) is 0 Å². The van der Waals surface area contributed by atoms with Crippen LogP contribution in [0, 0.1) is 0 Å². The molecule has 0 unspecified atom stereocenters. The molecule has 0 fully saturated rings. The van der Waals surface area contributed by atoms with Crippen molar-refractivity contribution in [2.45, 2.75) is 13.5 Å². The predicted octanol–water partition coefficient (Wildman–Crippen LogP) is 4.37. The second-order valence-corrected chi connectivity index (χ2v) is 7.94. The van der Waals surface area contributed by atoms with Gasteiger partial charge in [0.2, 0.25) is 17.8 Å². The average molecular weight is 483 g/mol. The van der Waals surface area contributed by atoms with E-state index in [1.807, 2.05) is 55.7 Å². The molecule has 10 nitrogen and oxygen atoms in total. The number of hydrogen-bond acceptors (Lipinski definition) is 7. The Morgan fingerprint density at radius 1 is 1.03 bits per heavy atom. The van der Waals surface area contributed by atoms with Gasteiger partial charge in [0.05, 0.1) is 18.4 Å². The molecular formula is C26H26N8O2. The SMILES string of the molecule is C=CC(=O)Nc1cccc(Nc2nc(Nc3cnn(C)c3)ncc2CN(C(C)=O)c2ccccc2)c1. The number of nitrogens with zero attached hydrogens (tertiary/aromatic N) is 5. The van der Waals surface area contributed by atoms with E-state index < -0.39 is 0 Å². The highest BCUT2D eigenvalue weighted by atomic mass is 16.2. The number of amides is 2. The Morgan fingerprint density at radius 2 is 1.81 bits per heavy atom. The minimum Gasteiger partial charge on any atom is -0.340 e. The van der Waals surface area contributed by atoms with Crippen molar-refractivity contribution in [3.63, 3.8) is 0 Å². The zero-order valence-corrected chi connectivity index (χ0v) is 20.0. The summed E-state index contributed by atoms with van der Waals surface area (Å²) in [6.07, 6.45) is 6.36. The summed E-state index contributed by atoms with van der Waals surface area (Å²) in [5.41, 5.74) is 3.50. The Hall–Kier alpha value is -4.99. The van der Waals surface area contributed by atoms with E-state index in [4.69, 9.17) is 0 Å². The van der Waals surface area contributed by atoms with Gasteiger partial charge in [-0.1, -0.05) is 30.8 Å². The van der Waals surface area contributed by atoms with Crippen LogP contribution in [0.2, 0.25) is 0 Å². The van der Waals surface area contributed by atoms with Crippen LogP contribution in [0.4, 0.5) is 34.5 Å². The Kier molecular flexibility index (Phi) is 7.35. The molecule has 182 valence electrons. The van der Waals surface area contributed by atoms with Gasteiger partial charge in [-0.05, 0) is 36.4 Å². The number of aryl methyl sites for hydroxylation is 1. The first-order chi connectivity index (χ1) is 17.4. The highest BCUT2D eigenvalue weighted by Gasteiger charge is 2.17. The van der Waals surface area contributed by atoms with E-state index >= 15 is 0 Å². The summed E-state index contributed by atoms with van der Waals surface area (Å²) in [6.45, 7) is 5.25. The molecule has 0 saturated carbocycles. The van der Waals surface area contributed by atoms with Crippen molar-refractivity contribution in [1.82, 2.24) is 19.7 Å². The van der Waals surface area contributed by atoms with Gasteiger partial charge in [0.15, 0.2) is 0 Å². The number of benzene rings is 2. The molecule has 10 heteroatoms. The molecule has 0 atom stereocenters. The lowest BCUT2D eigenvalue weighted by Gasteiger charge is -2.23. The summed E-state index contributed by atoms with van der Waals surface area (Å²) in [5, 5.41) is 13.3. The number of hydrogen-bond donors (Lipinski definition) is 3. The quantitative estimate of drug-likeness (QED) is 0.303. The highest BCUT2D eigenvalue weighted by molar-refractivity contribution is 5.99. The second-order valence-electron chi connectivity index (χ2n) is 7.94. The van der Waals surface area contributed by atoms with E-state index in [1.165, 1.54) is 13.0 Å². The fourth-order valence-electron chi connectivity index (χ4n) is 3.47. The molecule has 2 heterocycles. The molecule has 0 aliphatic rings. The van der Waals surface area contributed by atoms with E-state index in [0.717, 1.165) is 11.4 Å². The fourth-order valence-corrected chi connectivity index (χ4v) is 3.47. The minimum atomic E-state index is -0.308. The average Bonchev–Trinajstić information content (AvgIpc) is 3.28. The van der Waals surface area contributed by atoms with Crippen LogP contribution in [0.5, 0.6) is 0 Å². The number of rotatable bonds is 9. The number of anilines is 6. The van der Waals surface area contributed by atoms with Gasteiger partial charge in [-0.3, -0.25) is 14.3 Å². The van der Waals surface area contributed by atoms with Crippen molar-refractivity contribution in [3.8, 4) is 0 Å². The molecule has 0 aliphatic carbocycles.